The van der Waals surface area contributed by atoms with Crippen LogP contribution in [0.5, 0.6) is 0 Å². The fourth-order valence-corrected chi connectivity index (χ4v) is 4.46. The van der Waals surface area contributed by atoms with Gasteiger partial charge in [0.05, 0.1) is 4.90 Å². The Morgan fingerprint density at radius 1 is 1.30 bits per heavy atom. The first-order valence-electron chi connectivity index (χ1n) is 6.67. The molecule has 1 atom stereocenters. The SMILES string of the molecule is CSc1ccc(S(=O)(=O)N2CCC(N)C(C)(C)C2)cc1. The number of rotatable bonds is 3. The molecule has 1 heterocycles. The van der Waals surface area contributed by atoms with E-state index in [9.17, 15) is 8.42 Å². The lowest BCUT2D eigenvalue weighted by molar-refractivity contribution is 0.155. The van der Waals surface area contributed by atoms with E-state index in [4.69, 9.17) is 5.73 Å². The molecule has 1 aliphatic rings. The van der Waals surface area contributed by atoms with Gasteiger partial charge >= 0.3 is 0 Å². The Hall–Kier alpha value is -0.560. The van der Waals surface area contributed by atoms with Crippen LogP contribution in [0.1, 0.15) is 20.3 Å². The van der Waals surface area contributed by atoms with Gasteiger partial charge in [0.2, 0.25) is 10.0 Å². The molecule has 0 aromatic heterocycles. The van der Waals surface area contributed by atoms with Crippen LogP contribution < -0.4 is 5.73 Å². The molecule has 1 saturated heterocycles. The molecule has 1 aromatic rings. The summed E-state index contributed by atoms with van der Waals surface area (Å²) in [5.74, 6) is 0. The molecule has 0 spiro atoms. The van der Waals surface area contributed by atoms with Crippen molar-refractivity contribution in [3.8, 4) is 0 Å². The summed E-state index contributed by atoms with van der Waals surface area (Å²) in [5.41, 5.74) is 5.88. The fraction of sp³-hybridized carbons (Fsp3) is 0.571. The fourth-order valence-electron chi connectivity index (χ4n) is 2.43. The third-order valence-corrected chi connectivity index (χ3v) is 6.58. The number of benzene rings is 1. The first-order chi connectivity index (χ1) is 9.27. The minimum atomic E-state index is -3.41. The van der Waals surface area contributed by atoms with E-state index >= 15 is 0 Å². The average Bonchev–Trinajstić information content (AvgIpc) is 2.41. The zero-order valence-corrected chi connectivity index (χ0v) is 13.8. The Bertz CT molecular complexity index is 567. The normalized spacial score (nSPS) is 23.7. The quantitative estimate of drug-likeness (QED) is 0.868. The summed E-state index contributed by atoms with van der Waals surface area (Å²) >= 11 is 1.60. The molecule has 0 aliphatic carbocycles. The predicted octanol–water partition coefficient (Wildman–Crippen LogP) is 2.16. The summed E-state index contributed by atoms with van der Waals surface area (Å²) in [4.78, 5) is 1.42. The van der Waals surface area contributed by atoms with Gasteiger partial charge in [-0.2, -0.15) is 4.31 Å². The van der Waals surface area contributed by atoms with E-state index in [1.807, 2.05) is 32.2 Å². The van der Waals surface area contributed by atoms with Crippen molar-refractivity contribution in [1.29, 1.82) is 0 Å². The van der Waals surface area contributed by atoms with Crippen LogP contribution in [0.2, 0.25) is 0 Å². The van der Waals surface area contributed by atoms with Gasteiger partial charge in [-0.05, 0) is 42.4 Å². The molecule has 2 N–H and O–H groups in total. The van der Waals surface area contributed by atoms with Gasteiger partial charge < -0.3 is 5.73 Å². The van der Waals surface area contributed by atoms with Crippen LogP contribution in [0.25, 0.3) is 0 Å². The Labute approximate surface area is 125 Å². The third kappa shape index (κ3) is 3.03. The molecule has 1 aromatic carbocycles. The summed E-state index contributed by atoms with van der Waals surface area (Å²) in [6.45, 7) is 5.02. The molecule has 0 amide bonds. The second-order valence-electron chi connectivity index (χ2n) is 5.90. The number of hydrogen-bond donors (Lipinski definition) is 1. The van der Waals surface area contributed by atoms with E-state index in [0.717, 1.165) is 4.90 Å². The van der Waals surface area contributed by atoms with Crippen molar-refractivity contribution in [1.82, 2.24) is 4.31 Å². The molecule has 1 fully saturated rings. The minimum Gasteiger partial charge on any atom is -0.327 e. The Balaban J connectivity index is 2.26. The summed E-state index contributed by atoms with van der Waals surface area (Å²) in [7, 11) is -3.41. The van der Waals surface area contributed by atoms with Gasteiger partial charge in [0, 0.05) is 24.0 Å². The van der Waals surface area contributed by atoms with Crippen molar-refractivity contribution in [2.24, 2.45) is 11.1 Å². The van der Waals surface area contributed by atoms with E-state index in [2.05, 4.69) is 0 Å². The van der Waals surface area contributed by atoms with E-state index in [1.165, 1.54) is 0 Å². The highest BCUT2D eigenvalue weighted by Crippen LogP contribution is 2.31. The van der Waals surface area contributed by atoms with Gasteiger partial charge in [-0.3, -0.25) is 0 Å². The van der Waals surface area contributed by atoms with Crippen LogP contribution >= 0.6 is 11.8 Å². The van der Waals surface area contributed by atoms with Crippen molar-refractivity contribution in [3.63, 3.8) is 0 Å². The van der Waals surface area contributed by atoms with Gasteiger partial charge in [0.25, 0.3) is 0 Å². The Morgan fingerprint density at radius 3 is 2.40 bits per heavy atom. The second kappa shape index (κ2) is 5.67. The average molecular weight is 314 g/mol. The number of nitrogens with two attached hydrogens (primary N) is 1. The maximum Gasteiger partial charge on any atom is 0.243 e. The van der Waals surface area contributed by atoms with Crippen molar-refractivity contribution >= 4 is 21.8 Å². The molecule has 1 aliphatic heterocycles. The van der Waals surface area contributed by atoms with Gasteiger partial charge in [-0.25, -0.2) is 8.42 Å². The number of hydrogen-bond acceptors (Lipinski definition) is 4. The van der Waals surface area contributed by atoms with Gasteiger partial charge in [0.1, 0.15) is 0 Å². The van der Waals surface area contributed by atoms with Crippen molar-refractivity contribution < 1.29 is 8.42 Å². The minimum absolute atomic E-state index is 0.0489. The van der Waals surface area contributed by atoms with Gasteiger partial charge in [-0.15, -0.1) is 11.8 Å². The summed E-state index contributed by atoms with van der Waals surface area (Å²) in [5, 5.41) is 0. The molecule has 1 unspecified atom stereocenters. The van der Waals surface area contributed by atoms with Crippen molar-refractivity contribution in [2.75, 3.05) is 19.3 Å². The molecule has 2 rings (SSSR count). The van der Waals surface area contributed by atoms with E-state index < -0.39 is 10.0 Å². The maximum atomic E-state index is 12.7. The monoisotopic (exact) mass is 314 g/mol. The predicted molar refractivity (Wildman–Crippen MR) is 83.4 cm³/mol. The molecular weight excluding hydrogens is 292 g/mol. The molecule has 112 valence electrons. The summed E-state index contributed by atoms with van der Waals surface area (Å²) in [6, 6.07) is 7.11. The van der Waals surface area contributed by atoms with Crippen molar-refractivity contribution in [2.45, 2.75) is 36.1 Å². The zero-order chi connectivity index (χ0) is 15.0. The maximum absolute atomic E-state index is 12.7. The molecule has 0 saturated carbocycles. The van der Waals surface area contributed by atoms with E-state index in [-0.39, 0.29) is 11.5 Å². The first-order valence-corrected chi connectivity index (χ1v) is 9.33. The molecule has 20 heavy (non-hydrogen) atoms. The van der Waals surface area contributed by atoms with Gasteiger partial charge in [-0.1, -0.05) is 13.8 Å². The smallest absolute Gasteiger partial charge is 0.243 e. The largest absolute Gasteiger partial charge is 0.327 e. The standard InChI is InChI=1S/C14H22N2O2S2/c1-14(2)10-16(9-8-13(14)15)20(17,18)12-6-4-11(19-3)5-7-12/h4-7,13H,8-10,15H2,1-3H3. The van der Waals surface area contributed by atoms with E-state index in [0.29, 0.717) is 24.4 Å². The highest BCUT2D eigenvalue weighted by atomic mass is 32.2. The van der Waals surface area contributed by atoms with Crippen molar-refractivity contribution in [3.05, 3.63) is 24.3 Å². The molecular formula is C14H22N2O2S2. The number of nitrogens with zero attached hydrogens (tertiary/aromatic N) is 1. The Kier molecular flexibility index (Phi) is 4.49. The first kappa shape index (κ1) is 15.8. The van der Waals surface area contributed by atoms with Crippen LogP contribution in [0, 0.1) is 5.41 Å². The van der Waals surface area contributed by atoms with Crippen LogP contribution in [-0.4, -0.2) is 38.1 Å². The van der Waals surface area contributed by atoms with E-state index in [1.54, 1.807) is 28.2 Å². The third-order valence-electron chi connectivity index (χ3n) is 3.97. The Morgan fingerprint density at radius 2 is 1.90 bits per heavy atom. The van der Waals surface area contributed by atoms with Crippen LogP contribution in [-0.2, 0) is 10.0 Å². The van der Waals surface area contributed by atoms with Crippen LogP contribution in [0.15, 0.2) is 34.1 Å². The zero-order valence-electron chi connectivity index (χ0n) is 12.2. The lowest BCUT2D eigenvalue weighted by Gasteiger charge is -2.41. The van der Waals surface area contributed by atoms with Gasteiger partial charge in [0.15, 0.2) is 0 Å². The number of thioether (sulfide) groups is 1. The van der Waals surface area contributed by atoms with Crippen LogP contribution in [0.3, 0.4) is 0 Å². The molecule has 4 nitrogen and oxygen atoms in total. The highest BCUT2D eigenvalue weighted by Gasteiger charge is 2.38. The molecule has 0 bridgehead atoms. The van der Waals surface area contributed by atoms with Crippen LogP contribution in [0.4, 0.5) is 0 Å². The lowest BCUT2D eigenvalue weighted by Crippen LogP contribution is -2.53. The molecule has 0 radical (unpaired) electrons. The topological polar surface area (TPSA) is 63.4 Å². The number of sulfonamides is 1. The number of piperidine rings is 1. The molecule has 6 heteroatoms. The lowest BCUT2D eigenvalue weighted by atomic mass is 9.81. The summed E-state index contributed by atoms with van der Waals surface area (Å²) < 4.78 is 26.9. The summed E-state index contributed by atoms with van der Waals surface area (Å²) in [6.07, 6.45) is 2.67. The second-order valence-corrected chi connectivity index (χ2v) is 8.72. The highest BCUT2D eigenvalue weighted by molar-refractivity contribution is 7.98.